The van der Waals surface area contributed by atoms with Crippen LogP contribution in [-0.2, 0) is 9.59 Å². The van der Waals surface area contributed by atoms with Crippen molar-refractivity contribution in [1.82, 2.24) is 10.2 Å². The monoisotopic (exact) mass is 303 g/mol. The molecule has 0 unspecified atom stereocenters. The number of amides is 2. The first kappa shape index (κ1) is 16.5. The number of piperidine rings is 1. The second-order valence-electron chi connectivity index (χ2n) is 6.03. The SMILES string of the molecule is CNC(=O)C1CCN(CC(=O)Nc2ccc(C)cc2C)CC1. The molecule has 5 heteroatoms. The van der Waals surface area contributed by atoms with Gasteiger partial charge in [-0.15, -0.1) is 0 Å². The largest absolute Gasteiger partial charge is 0.359 e. The van der Waals surface area contributed by atoms with Crippen molar-refractivity contribution in [2.24, 2.45) is 5.92 Å². The lowest BCUT2D eigenvalue weighted by molar-refractivity contribution is -0.126. The molecule has 0 radical (unpaired) electrons. The van der Waals surface area contributed by atoms with E-state index >= 15 is 0 Å². The zero-order chi connectivity index (χ0) is 16.1. The van der Waals surface area contributed by atoms with Crippen LogP contribution >= 0.6 is 0 Å². The maximum atomic E-state index is 12.2. The Kier molecular flexibility index (Phi) is 5.55. The predicted molar refractivity (Wildman–Crippen MR) is 87.8 cm³/mol. The third-order valence-corrected chi connectivity index (χ3v) is 4.23. The Morgan fingerprint density at radius 1 is 1.23 bits per heavy atom. The lowest BCUT2D eigenvalue weighted by atomic mass is 9.96. The van der Waals surface area contributed by atoms with E-state index in [4.69, 9.17) is 0 Å². The van der Waals surface area contributed by atoms with E-state index in [1.165, 1.54) is 5.56 Å². The Morgan fingerprint density at radius 2 is 1.91 bits per heavy atom. The highest BCUT2D eigenvalue weighted by molar-refractivity contribution is 5.93. The molecule has 0 saturated carbocycles. The van der Waals surface area contributed by atoms with Crippen LogP contribution in [-0.4, -0.2) is 43.4 Å². The third kappa shape index (κ3) is 4.31. The Hall–Kier alpha value is -1.88. The number of rotatable bonds is 4. The van der Waals surface area contributed by atoms with Gasteiger partial charge < -0.3 is 10.6 Å². The molecule has 0 atom stereocenters. The van der Waals surface area contributed by atoms with Crippen molar-refractivity contribution in [2.75, 3.05) is 32.0 Å². The predicted octanol–water partition coefficient (Wildman–Crippen LogP) is 1.70. The Balaban J connectivity index is 1.82. The zero-order valence-corrected chi connectivity index (χ0v) is 13.6. The van der Waals surface area contributed by atoms with E-state index in [0.717, 1.165) is 37.2 Å². The molecule has 120 valence electrons. The molecule has 0 aromatic heterocycles. The lowest BCUT2D eigenvalue weighted by Gasteiger charge is -2.30. The van der Waals surface area contributed by atoms with Gasteiger partial charge in [0.2, 0.25) is 11.8 Å². The highest BCUT2D eigenvalue weighted by Crippen LogP contribution is 2.18. The molecule has 1 fully saturated rings. The highest BCUT2D eigenvalue weighted by Gasteiger charge is 2.25. The van der Waals surface area contributed by atoms with Gasteiger partial charge in [0.05, 0.1) is 6.54 Å². The summed E-state index contributed by atoms with van der Waals surface area (Å²) in [5.74, 6) is 0.202. The van der Waals surface area contributed by atoms with E-state index in [-0.39, 0.29) is 17.7 Å². The molecular weight excluding hydrogens is 278 g/mol. The number of nitrogens with zero attached hydrogens (tertiary/aromatic N) is 1. The Bertz CT molecular complexity index is 549. The summed E-state index contributed by atoms with van der Waals surface area (Å²) in [6.07, 6.45) is 1.63. The molecule has 1 aliphatic heterocycles. The maximum Gasteiger partial charge on any atom is 0.238 e. The molecule has 1 aromatic rings. The second kappa shape index (κ2) is 7.40. The van der Waals surface area contributed by atoms with Gasteiger partial charge in [0.25, 0.3) is 0 Å². The molecular formula is C17H25N3O2. The third-order valence-electron chi connectivity index (χ3n) is 4.23. The molecule has 0 bridgehead atoms. The molecule has 1 saturated heterocycles. The minimum absolute atomic E-state index is 0.00495. The summed E-state index contributed by atoms with van der Waals surface area (Å²) in [7, 11) is 1.67. The number of carbonyl (C=O) groups excluding carboxylic acids is 2. The van der Waals surface area contributed by atoms with Crippen LogP contribution in [0.2, 0.25) is 0 Å². The van der Waals surface area contributed by atoms with Crippen LogP contribution in [0.5, 0.6) is 0 Å². The van der Waals surface area contributed by atoms with Crippen molar-refractivity contribution in [1.29, 1.82) is 0 Å². The summed E-state index contributed by atoms with van der Waals surface area (Å²) in [6, 6.07) is 6.00. The average Bonchev–Trinajstić information content (AvgIpc) is 2.50. The van der Waals surface area contributed by atoms with E-state index in [2.05, 4.69) is 21.6 Å². The fraction of sp³-hybridized carbons (Fsp3) is 0.529. The Labute approximate surface area is 132 Å². The van der Waals surface area contributed by atoms with Gasteiger partial charge in [-0.3, -0.25) is 14.5 Å². The van der Waals surface area contributed by atoms with E-state index in [0.29, 0.717) is 6.54 Å². The summed E-state index contributed by atoms with van der Waals surface area (Å²) in [5.41, 5.74) is 3.13. The number of likely N-dealkylation sites (tertiary alicyclic amines) is 1. The minimum Gasteiger partial charge on any atom is -0.359 e. The number of nitrogens with one attached hydrogen (secondary N) is 2. The van der Waals surface area contributed by atoms with Crippen molar-refractivity contribution in [3.05, 3.63) is 29.3 Å². The van der Waals surface area contributed by atoms with Crippen LogP contribution < -0.4 is 10.6 Å². The molecule has 1 aliphatic rings. The van der Waals surface area contributed by atoms with Gasteiger partial charge in [-0.2, -0.15) is 0 Å². The van der Waals surface area contributed by atoms with Crippen molar-refractivity contribution >= 4 is 17.5 Å². The van der Waals surface area contributed by atoms with Crippen molar-refractivity contribution < 1.29 is 9.59 Å². The molecule has 2 amide bonds. The minimum atomic E-state index is 0.00495. The van der Waals surface area contributed by atoms with E-state index in [9.17, 15) is 9.59 Å². The molecule has 1 aromatic carbocycles. The number of benzene rings is 1. The summed E-state index contributed by atoms with van der Waals surface area (Å²) in [4.78, 5) is 25.9. The fourth-order valence-electron chi connectivity index (χ4n) is 2.90. The highest BCUT2D eigenvalue weighted by atomic mass is 16.2. The first-order valence-corrected chi connectivity index (χ1v) is 7.80. The number of anilines is 1. The van der Waals surface area contributed by atoms with Crippen LogP contribution in [0, 0.1) is 19.8 Å². The normalized spacial score (nSPS) is 16.3. The lowest BCUT2D eigenvalue weighted by Crippen LogP contribution is -2.42. The smallest absolute Gasteiger partial charge is 0.238 e. The van der Waals surface area contributed by atoms with Gasteiger partial charge in [-0.05, 0) is 51.4 Å². The maximum absolute atomic E-state index is 12.2. The molecule has 2 rings (SSSR count). The molecule has 1 heterocycles. The van der Waals surface area contributed by atoms with Crippen molar-refractivity contribution in [3.63, 3.8) is 0 Å². The van der Waals surface area contributed by atoms with Crippen molar-refractivity contribution in [3.8, 4) is 0 Å². The molecule has 0 spiro atoms. The number of aryl methyl sites for hydroxylation is 2. The van der Waals surface area contributed by atoms with Crippen LogP contribution in [0.3, 0.4) is 0 Å². The summed E-state index contributed by atoms with van der Waals surface area (Å²) in [6.45, 7) is 6.00. The van der Waals surface area contributed by atoms with Crippen molar-refractivity contribution in [2.45, 2.75) is 26.7 Å². The molecule has 5 nitrogen and oxygen atoms in total. The number of hydrogen-bond acceptors (Lipinski definition) is 3. The van der Waals surface area contributed by atoms with Crippen LogP contribution in [0.1, 0.15) is 24.0 Å². The second-order valence-corrected chi connectivity index (χ2v) is 6.03. The van der Waals surface area contributed by atoms with Crippen LogP contribution in [0.15, 0.2) is 18.2 Å². The first-order chi connectivity index (χ1) is 10.5. The van der Waals surface area contributed by atoms with Gasteiger partial charge in [-0.25, -0.2) is 0 Å². The standard InChI is InChI=1S/C17H25N3O2/c1-12-4-5-15(13(2)10-12)19-16(21)11-20-8-6-14(7-9-20)17(22)18-3/h4-5,10,14H,6-9,11H2,1-3H3,(H,18,22)(H,19,21). The summed E-state index contributed by atoms with van der Waals surface area (Å²) >= 11 is 0. The number of carbonyl (C=O) groups is 2. The summed E-state index contributed by atoms with van der Waals surface area (Å²) < 4.78 is 0. The number of hydrogen-bond donors (Lipinski definition) is 2. The molecule has 0 aliphatic carbocycles. The van der Waals surface area contributed by atoms with Gasteiger partial charge in [0.15, 0.2) is 0 Å². The van der Waals surface area contributed by atoms with Gasteiger partial charge in [-0.1, -0.05) is 17.7 Å². The average molecular weight is 303 g/mol. The topological polar surface area (TPSA) is 61.4 Å². The van der Waals surface area contributed by atoms with Gasteiger partial charge in [0, 0.05) is 18.7 Å². The summed E-state index contributed by atoms with van der Waals surface area (Å²) in [5, 5.41) is 5.67. The van der Waals surface area contributed by atoms with E-state index < -0.39 is 0 Å². The molecule has 2 N–H and O–H groups in total. The van der Waals surface area contributed by atoms with E-state index in [1.807, 2.05) is 26.0 Å². The fourth-order valence-corrected chi connectivity index (χ4v) is 2.90. The zero-order valence-electron chi connectivity index (χ0n) is 13.6. The van der Waals surface area contributed by atoms with E-state index in [1.54, 1.807) is 7.05 Å². The van der Waals surface area contributed by atoms with Crippen LogP contribution in [0.4, 0.5) is 5.69 Å². The Morgan fingerprint density at radius 3 is 2.50 bits per heavy atom. The quantitative estimate of drug-likeness (QED) is 0.890. The van der Waals surface area contributed by atoms with Gasteiger partial charge in [0.1, 0.15) is 0 Å². The van der Waals surface area contributed by atoms with Gasteiger partial charge >= 0.3 is 0 Å². The first-order valence-electron chi connectivity index (χ1n) is 7.80. The van der Waals surface area contributed by atoms with Crippen LogP contribution in [0.25, 0.3) is 0 Å². The molecule has 22 heavy (non-hydrogen) atoms.